The largest absolute Gasteiger partial charge is 0.358 e. The van der Waals surface area contributed by atoms with Crippen molar-refractivity contribution in [3.63, 3.8) is 0 Å². The molecule has 1 unspecified atom stereocenters. The second kappa shape index (κ2) is 7.16. The van der Waals surface area contributed by atoms with Gasteiger partial charge in [-0.05, 0) is 37.7 Å². The van der Waals surface area contributed by atoms with Crippen LogP contribution in [0.3, 0.4) is 0 Å². The van der Waals surface area contributed by atoms with Gasteiger partial charge in [-0.3, -0.25) is 4.57 Å². The van der Waals surface area contributed by atoms with Crippen molar-refractivity contribution < 1.29 is 13.5 Å². The van der Waals surface area contributed by atoms with Gasteiger partial charge in [0, 0.05) is 12.7 Å². The number of halogens is 2. The molecule has 2 aromatic heterocycles. The number of hydrogen-bond donors (Lipinski definition) is 1. The number of anilines is 2. The summed E-state index contributed by atoms with van der Waals surface area (Å²) in [5.41, 5.74) is 1.27. The number of rotatable bonds is 4. The number of hydrogen-bond acceptors (Lipinski definition) is 6. The topological polar surface area (TPSA) is 64.9 Å². The second-order valence-electron chi connectivity index (χ2n) is 5.95. The highest BCUT2D eigenvalue weighted by Crippen LogP contribution is 2.30. The number of fused-ring (bicyclic) bond motifs is 1. The van der Waals surface area contributed by atoms with Crippen LogP contribution < -0.4 is 5.32 Å². The average Bonchev–Trinajstić information content (AvgIpc) is 3.08. The molecule has 1 fully saturated rings. The van der Waals surface area contributed by atoms with Crippen molar-refractivity contribution in [1.29, 1.82) is 0 Å². The van der Waals surface area contributed by atoms with Crippen LogP contribution in [-0.2, 0) is 4.74 Å². The minimum absolute atomic E-state index is 0.117. The lowest BCUT2D eigenvalue weighted by molar-refractivity contribution is -0.0298. The maximum atomic E-state index is 14.0. The lowest BCUT2D eigenvalue weighted by Gasteiger charge is -2.23. The highest BCUT2D eigenvalue weighted by molar-refractivity contribution is 7.98. The Morgan fingerprint density at radius 1 is 1.27 bits per heavy atom. The lowest BCUT2D eigenvalue weighted by atomic mass is 10.2. The molecule has 26 heavy (non-hydrogen) atoms. The van der Waals surface area contributed by atoms with E-state index in [0.29, 0.717) is 28.7 Å². The molecule has 9 heteroatoms. The van der Waals surface area contributed by atoms with E-state index in [2.05, 4.69) is 20.3 Å². The van der Waals surface area contributed by atoms with Gasteiger partial charge in [0.25, 0.3) is 0 Å². The predicted molar refractivity (Wildman–Crippen MR) is 95.6 cm³/mol. The van der Waals surface area contributed by atoms with Gasteiger partial charge in [-0.2, -0.15) is 0 Å². The zero-order chi connectivity index (χ0) is 18.1. The quantitative estimate of drug-likeness (QED) is 0.541. The fraction of sp³-hybridized carbons (Fsp3) is 0.353. The molecule has 1 saturated heterocycles. The van der Waals surface area contributed by atoms with Crippen molar-refractivity contribution in [2.45, 2.75) is 30.6 Å². The highest BCUT2D eigenvalue weighted by Gasteiger charge is 2.21. The molecule has 0 spiro atoms. The van der Waals surface area contributed by atoms with E-state index in [1.165, 1.54) is 23.9 Å². The normalized spacial score (nSPS) is 17.6. The van der Waals surface area contributed by atoms with Crippen LogP contribution >= 0.6 is 11.8 Å². The molecule has 1 N–H and O–H groups in total. The van der Waals surface area contributed by atoms with Crippen LogP contribution in [0.5, 0.6) is 0 Å². The summed E-state index contributed by atoms with van der Waals surface area (Å²) in [4.78, 5) is 13.3. The van der Waals surface area contributed by atoms with Crippen molar-refractivity contribution >= 4 is 34.4 Å². The zero-order valence-corrected chi connectivity index (χ0v) is 14.9. The first-order valence-corrected chi connectivity index (χ1v) is 9.50. The summed E-state index contributed by atoms with van der Waals surface area (Å²) < 4.78 is 34.9. The van der Waals surface area contributed by atoms with E-state index >= 15 is 0 Å². The Labute approximate surface area is 153 Å². The molecule has 1 aromatic carbocycles. The first kappa shape index (κ1) is 17.2. The number of aromatic nitrogens is 4. The summed E-state index contributed by atoms with van der Waals surface area (Å²) in [6.45, 7) is 0.705. The van der Waals surface area contributed by atoms with Crippen LogP contribution in [0.4, 0.5) is 20.3 Å². The lowest BCUT2D eigenvalue weighted by Crippen LogP contribution is -2.17. The fourth-order valence-electron chi connectivity index (χ4n) is 2.95. The van der Waals surface area contributed by atoms with Gasteiger partial charge in [0.2, 0.25) is 0 Å². The van der Waals surface area contributed by atoms with Gasteiger partial charge < -0.3 is 10.1 Å². The van der Waals surface area contributed by atoms with Crippen molar-refractivity contribution in [1.82, 2.24) is 19.5 Å². The van der Waals surface area contributed by atoms with Gasteiger partial charge in [0.05, 0.1) is 12.0 Å². The van der Waals surface area contributed by atoms with E-state index in [9.17, 15) is 8.78 Å². The molecule has 0 amide bonds. The van der Waals surface area contributed by atoms with E-state index in [4.69, 9.17) is 4.74 Å². The van der Waals surface area contributed by atoms with Crippen molar-refractivity contribution in [2.24, 2.45) is 0 Å². The van der Waals surface area contributed by atoms with Crippen LogP contribution in [0.1, 0.15) is 25.5 Å². The summed E-state index contributed by atoms with van der Waals surface area (Å²) in [7, 11) is 0. The monoisotopic (exact) mass is 377 g/mol. The van der Waals surface area contributed by atoms with E-state index in [-0.39, 0.29) is 11.9 Å². The Hall–Kier alpha value is -2.26. The predicted octanol–water partition coefficient (Wildman–Crippen LogP) is 4.27. The van der Waals surface area contributed by atoms with Crippen LogP contribution in [0.25, 0.3) is 11.2 Å². The van der Waals surface area contributed by atoms with Gasteiger partial charge in [-0.15, -0.1) is 0 Å². The molecule has 6 nitrogen and oxygen atoms in total. The first-order chi connectivity index (χ1) is 12.7. The molecule has 0 saturated carbocycles. The molecule has 1 aliphatic rings. The maximum absolute atomic E-state index is 14.0. The Balaban J connectivity index is 1.77. The van der Waals surface area contributed by atoms with Gasteiger partial charge in [0.15, 0.2) is 22.1 Å². The third-order valence-corrected chi connectivity index (χ3v) is 4.78. The SMILES string of the molecule is CSc1nc(Nc2ccc(F)cc2F)c2ncn(C3CCCCO3)c2n1. The van der Waals surface area contributed by atoms with Gasteiger partial charge in [-0.25, -0.2) is 23.7 Å². The molecule has 0 aliphatic carbocycles. The Kier molecular flexibility index (Phi) is 4.73. The van der Waals surface area contributed by atoms with E-state index < -0.39 is 11.6 Å². The number of nitrogens with one attached hydrogen (secondary N) is 1. The standard InChI is InChI=1S/C17H17F2N5OS/c1-26-17-22-15(21-12-6-5-10(18)8-11(12)19)14-16(23-17)24(9-20-14)13-4-2-3-7-25-13/h5-6,8-9,13H,2-4,7H2,1H3,(H,21,22,23). The molecule has 0 radical (unpaired) electrons. The van der Waals surface area contributed by atoms with E-state index in [1.807, 2.05) is 10.8 Å². The molecule has 4 rings (SSSR count). The first-order valence-electron chi connectivity index (χ1n) is 8.28. The van der Waals surface area contributed by atoms with Crippen LogP contribution in [-0.4, -0.2) is 32.4 Å². The maximum Gasteiger partial charge on any atom is 0.191 e. The smallest absolute Gasteiger partial charge is 0.191 e. The van der Waals surface area contributed by atoms with Gasteiger partial charge in [-0.1, -0.05) is 11.8 Å². The number of nitrogens with zero attached hydrogens (tertiary/aromatic N) is 4. The molecule has 3 heterocycles. The molecule has 1 atom stereocenters. The zero-order valence-electron chi connectivity index (χ0n) is 14.1. The third-order valence-electron chi connectivity index (χ3n) is 4.23. The third kappa shape index (κ3) is 3.24. The second-order valence-corrected chi connectivity index (χ2v) is 6.73. The summed E-state index contributed by atoms with van der Waals surface area (Å²) in [6, 6.07) is 3.34. The number of imidazole rings is 1. The highest BCUT2D eigenvalue weighted by atomic mass is 32.2. The van der Waals surface area contributed by atoms with Crippen LogP contribution in [0.2, 0.25) is 0 Å². The number of ether oxygens (including phenoxy) is 1. The van der Waals surface area contributed by atoms with Crippen molar-refractivity contribution in [3.8, 4) is 0 Å². The molecular weight excluding hydrogens is 360 g/mol. The Bertz CT molecular complexity index is 942. The minimum Gasteiger partial charge on any atom is -0.358 e. The van der Waals surface area contributed by atoms with Crippen molar-refractivity contribution in [3.05, 3.63) is 36.2 Å². The van der Waals surface area contributed by atoms with E-state index in [1.54, 1.807) is 6.33 Å². The molecule has 136 valence electrons. The number of thioether (sulfide) groups is 1. The van der Waals surface area contributed by atoms with Crippen LogP contribution in [0.15, 0.2) is 29.7 Å². The van der Waals surface area contributed by atoms with Gasteiger partial charge >= 0.3 is 0 Å². The Morgan fingerprint density at radius 3 is 2.88 bits per heavy atom. The van der Waals surface area contributed by atoms with E-state index in [0.717, 1.165) is 25.3 Å². The molecule has 1 aliphatic heterocycles. The van der Waals surface area contributed by atoms with Crippen molar-refractivity contribution in [2.75, 3.05) is 18.2 Å². The summed E-state index contributed by atoms with van der Waals surface area (Å²) in [5.74, 6) is -0.957. The Morgan fingerprint density at radius 2 is 2.15 bits per heavy atom. The minimum atomic E-state index is -0.697. The summed E-state index contributed by atoms with van der Waals surface area (Å²) in [5, 5.41) is 3.44. The van der Waals surface area contributed by atoms with Crippen LogP contribution in [0, 0.1) is 11.6 Å². The fourth-order valence-corrected chi connectivity index (χ4v) is 3.31. The molecular formula is C17H17F2N5OS. The summed E-state index contributed by atoms with van der Waals surface area (Å²) in [6.07, 6.45) is 6.43. The molecule has 0 bridgehead atoms. The summed E-state index contributed by atoms with van der Waals surface area (Å²) >= 11 is 1.38. The average molecular weight is 377 g/mol. The van der Waals surface area contributed by atoms with Gasteiger partial charge in [0.1, 0.15) is 17.9 Å². The molecule has 3 aromatic rings. The number of benzene rings is 1.